The van der Waals surface area contributed by atoms with Crippen molar-refractivity contribution < 1.29 is 19.1 Å². The summed E-state index contributed by atoms with van der Waals surface area (Å²) >= 11 is 6.07. The normalized spacial score (nSPS) is 29.1. The van der Waals surface area contributed by atoms with Gasteiger partial charge in [0.05, 0.1) is 13.0 Å². The Kier molecular flexibility index (Phi) is 6.99. The topological polar surface area (TPSA) is 55.8 Å². The molecule has 4 rings (SSSR count). The van der Waals surface area contributed by atoms with Crippen LogP contribution in [0.4, 0.5) is 0 Å². The quantitative estimate of drug-likeness (QED) is 0.582. The van der Waals surface area contributed by atoms with Gasteiger partial charge in [0.1, 0.15) is 6.10 Å². The molecule has 1 aromatic carbocycles. The zero-order chi connectivity index (χ0) is 21.1. The molecular weight excluding hydrogens is 402 g/mol. The fourth-order valence-electron chi connectivity index (χ4n) is 5.83. The lowest BCUT2D eigenvalue weighted by molar-refractivity contribution is -0.152. The lowest BCUT2D eigenvalue weighted by atomic mass is 9.76. The predicted octanol–water partition coefficient (Wildman–Crippen LogP) is 4.72. The minimum Gasteiger partial charge on any atom is -0.469 e. The van der Waals surface area contributed by atoms with Crippen LogP contribution in [-0.4, -0.2) is 48.7 Å². The molecule has 4 unspecified atom stereocenters. The van der Waals surface area contributed by atoms with E-state index in [1.165, 1.54) is 20.0 Å². The minimum atomic E-state index is -0.180. The number of carbonyl (C=O) groups is 2. The van der Waals surface area contributed by atoms with Gasteiger partial charge >= 0.3 is 11.9 Å². The van der Waals surface area contributed by atoms with Crippen LogP contribution >= 0.6 is 11.6 Å². The second-order valence-electron chi connectivity index (χ2n) is 8.98. The molecule has 0 N–H and O–H groups in total. The van der Waals surface area contributed by atoms with Crippen LogP contribution in [0.5, 0.6) is 0 Å². The van der Waals surface area contributed by atoms with Crippen molar-refractivity contribution in [2.24, 2.45) is 5.92 Å². The van der Waals surface area contributed by atoms with Crippen LogP contribution in [0.1, 0.15) is 69.3 Å². The molecular formula is C24H32ClNO4. The first-order valence-electron chi connectivity index (χ1n) is 11.4. The molecule has 0 amide bonds. The van der Waals surface area contributed by atoms with Crippen molar-refractivity contribution in [1.29, 1.82) is 0 Å². The van der Waals surface area contributed by atoms with Crippen molar-refractivity contribution in [3.8, 4) is 0 Å². The van der Waals surface area contributed by atoms with Gasteiger partial charge in [-0.05, 0) is 75.6 Å². The molecule has 5 nitrogen and oxygen atoms in total. The summed E-state index contributed by atoms with van der Waals surface area (Å²) in [6, 6.07) is 8.49. The molecule has 2 saturated heterocycles. The van der Waals surface area contributed by atoms with Crippen LogP contribution in [-0.2, 0) is 19.1 Å². The molecule has 30 heavy (non-hydrogen) atoms. The number of methoxy groups -OCH3 is 1. The van der Waals surface area contributed by atoms with Crippen LogP contribution in [0, 0.1) is 5.92 Å². The summed E-state index contributed by atoms with van der Waals surface area (Å²) in [5, 5.41) is 0.707. The van der Waals surface area contributed by atoms with Crippen LogP contribution in [0.2, 0.25) is 5.02 Å². The maximum atomic E-state index is 12.8. The number of halogens is 1. The zero-order valence-electron chi connectivity index (χ0n) is 17.7. The van der Waals surface area contributed by atoms with Crippen LogP contribution < -0.4 is 0 Å². The highest BCUT2D eigenvalue weighted by Gasteiger charge is 2.50. The van der Waals surface area contributed by atoms with Gasteiger partial charge < -0.3 is 9.47 Å². The highest BCUT2D eigenvalue weighted by molar-refractivity contribution is 6.30. The van der Waals surface area contributed by atoms with Crippen molar-refractivity contribution >= 4 is 23.5 Å². The summed E-state index contributed by atoms with van der Waals surface area (Å²) in [6.45, 7) is 0.829. The fourth-order valence-corrected chi connectivity index (χ4v) is 5.95. The third kappa shape index (κ3) is 4.67. The molecule has 2 bridgehead atoms. The molecule has 1 aromatic rings. The molecule has 0 aromatic heterocycles. The van der Waals surface area contributed by atoms with Crippen LogP contribution in [0.25, 0.3) is 0 Å². The van der Waals surface area contributed by atoms with Gasteiger partial charge in [-0.25, -0.2) is 0 Å². The average molecular weight is 434 g/mol. The molecule has 164 valence electrons. The Balaban J connectivity index is 1.39. The summed E-state index contributed by atoms with van der Waals surface area (Å²) in [5.74, 6) is -0.239. The maximum absolute atomic E-state index is 12.8. The monoisotopic (exact) mass is 433 g/mol. The minimum absolute atomic E-state index is 0.0742. The number of nitrogens with zero attached hydrogens (tertiary/aromatic N) is 1. The molecule has 2 heterocycles. The van der Waals surface area contributed by atoms with Gasteiger partial charge in [-0.1, -0.05) is 23.7 Å². The largest absolute Gasteiger partial charge is 0.469 e. The second-order valence-corrected chi connectivity index (χ2v) is 9.42. The van der Waals surface area contributed by atoms with Crippen molar-refractivity contribution in [3.63, 3.8) is 0 Å². The Hall–Kier alpha value is -1.59. The van der Waals surface area contributed by atoms with Crippen LogP contribution in [0.15, 0.2) is 24.3 Å². The fraction of sp³-hybridized carbons (Fsp3) is 0.667. The number of carbonyl (C=O) groups excluding carboxylic acids is 2. The van der Waals surface area contributed by atoms with Gasteiger partial charge in [0.2, 0.25) is 0 Å². The first kappa shape index (κ1) is 21.6. The summed E-state index contributed by atoms with van der Waals surface area (Å²) in [6.07, 6.45) is 8.74. The molecule has 0 radical (unpaired) electrons. The van der Waals surface area contributed by atoms with Crippen molar-refractivity contribution in [2.75, 3.05) is 13.7 Å². The molecule has 4 atom stereocenters. The Morgan fingerprint density at radius 1 is 1.10 bits per heavy atom. The molecule has 3 aliphatic rings. The van der Waals surface area contributed by atoms with Crippen molar-refractivity contribution in [2.45, 2.75) is 81.9 Å². The Bertz CT molecular complexity index is 746. The lowest BCUT2D eigenvalue weighted by Gasteiger charge is -2.43. The summed E-state index contributed by atoms with van der Waals surface area (Å²) in [4.78, 5) is 27.4. The Labute approximate surface area is 184 Å². The average Bonchev–Trinajstić information content (AvgIpc) is 3.34. The van der Waals surface area contributed by atoms with Gasteiger partial charge in [-0.3, -0.25) is 14.5 Å². The van der Waals surface area contributed by atoms with E-state index in [9.17, 15) is 9.59 Å². The van der Waals surface area contributed by atoms with E-state index in [1.807, 2.05) is 24.3 Å². The molecule has 0 spiro atoms. The number of hydrogen-bond acceptors (Lipinski definition) is 5. The van der Waals surface area contributed by atoms with E-state index < -0.39 is 0 Å². The smallest absolute Gasteiger partial charge is 0.310 e. The van der Waals surface area contributed by atoms with E-state index in [2.05, 4.69) is 4.90 Å². The first-order chi connectivity index (χ1) is 14.6. The first-order valence-corrected chi connectivity index (χ1v) is 11.7. The summed E-state index contributed by atoms with van der Waals surface area (Å²) < 4.78 is 10.8. The van der Waals surface area contributed by atoms with E-state index in [1.54, 1.807) is 0 Å². The van der Waals surface area contributed by atoms with Crippen LogP contribution in [0.3, 0.4) is 0 Å². The van der Waals surface area contributed by atoms with E-state index in [4.69, 9.17) is 21.1 Å². The zero-order valence-corrected chi connectivity index (χ0v) is 18.5. The highest BCUT2D eigenvalue weighted by atomic mass is 35.5. The number of piperidine rings is 1. The van der Waals surface area contributed by atoms with E-state index in [0.29, 0.717) is 17.5 Å². The number of fused-ring (bicyclic) bond motifs is 2. The molecule has 2 aliphatic heterocycles. The Morgan fingerprint density at radius 2 is 1.83 bits per heavy atom. The van der Waals surface area contributed by atoms with Crippen molar-refractivity contribution in [1.82, 2.24) is 4.90 Å². The van der Waals surface area contributed by atoms with E-state index in [-0.39, 0.29) is 35.9 Å². The molecule has 6 heteroatoms. The SMILES string of the molecule is COC(=O)C1C(c2ccc(Cl)cc2)CC2CCC1N2CCCC(=O)OC1CCCC1. The van der Waals surface area contributed by atoms with Gasteiger partial charge in [0.25, 0.3) is 0 Å². The molecule has 3 fully saturated rings. The van der Waals surface area contributed by atoms with Crippen molar-refractivity contribution in [3.05, 3.63) is 34.9 Å². The van der Waals surface area contributed by atoms with E-state index >= 15 is 0 Å². The Morgan fingerprint density at radius 3 is 2.53 bits per heavy atom. The summed E-state index contributed by atoms with van der Waals surface area (Å²) in [7, 11) is 1.48. The number of benzene rings is 1. The summed E-state index contributed by atoms with van der Waals surface area (Å²) in [5.41, 5.74) is 1.16. The predicted molar refractivity (Wildman–Crippen MR) is 115 cm³/mol. The van der Waals surface area contributed by atoms with E-state index in [0.717, 1.165) is 50.6 Å². The molecule has 1 saturated carbocycles. The number of hydrogen-bond donors (Lipinski definition) is 0. The van der Waals surface area contributed by atoms with Gasteiger partial charge in [0.15, 0.2) is 0 Å². The van der Waals surface area contributed by atoms with Gasteiger partial charge in [-0.2, -0.15) is 0 Å². The third-order valence-electron chi connectivity index (χ3n) is 7.23. The van der Waals surface area contributed by atoms with Gasteiger partial charge in [-0.15, -0.1) is 0 Å². The number of rotatable bonds is 7. The van der Waals surface area contributed by atoms with Gasteiger partial charge in [0, 0.05) is 29.4 Å². The standard InChI is InChI=1S/C24H32ClNO4/c1-29-24(28)23-20(16-8-10-17(25)11-9-16)15-18-12-13-21(23)26(18)14-4-7-22(27)30-19-5-2-3-6-19/h8-11,18-21,23H,2-7,12-15H2,1H3. The highest BCUT2D eigenvalue weighted by Crippen LogP contribution is 2.47. The maximum Gasteiger partial charge on any atom is 0.310 e. The lowest BCUT2D eigenvalue weighted by Crippen LogP contribution is -2.51. The number of ether oxygens (including phenoxy) is 2. The number of esters is 2. The third-order valence-corrected chi connectivity index (χ3v) is 7.49. The second kappa shape index (κ2) is 9.69. The molecule has 1 aliphatic carbocycles.